The van der Waals surface area contributed by atoms with E-state index in [4.69, 9.17) is 5.14 Å². The van der Waals surface area contributed by atoms with Crippen LogP contribution in [0.5, 0.6) is 0 Å². The Hall–Kier alpha value is -1.42. The van der Waals surface area contributed by atoms with Crippen molar-refractivity contribution in [3.05, 3.63) is 23.8 Å². The number of benzene rings is 1. The van der Waals surface area contributed by atoms with Gasteiger partial charge in [0.15, 0.2) is 0 Å². The molecule has 0 aliphatic heterocycles. The molecule has 0 atom stereocenters. The van der Waals surface area contributed by atoms with Gasteiger partial charge in [0.25, 0.3) is 6.43 Å². The van der Waals surface area contributed by atoms with Crippen LogP contribution >= 0.6 is 0 Å². The second-order valence-electron chi connectivity index (χ2n) is 3.53. The second-order valence-corrected chi connectivity index (χ2v) is 5.06. The van der Waals surface area contributed by atoms with Crippen molar-refractivity contribution in [2.45, 2.75) is 17.5 Å². The molecule has 0 unspecified atom stereocenters. The maximum absolute atomic E-state index is 12.4. The van der Waals surface area contributed by atoms with Crippen LogP contribution in [0.25, 0.3) is 0 Å². The molecule has 108 valence electrons. The highest BCUT2D eigenvalue weighted by Gasteiger charge is 2.32. The van der Waals surface area contributed by atoms with E-state index < -0.39 is 45.3 Å². The van der Waals surface area contributed by atoms with E-state index in [1.165, 1.54) is 0 Å². The van der Waals surface area contributed by atoms with Gasteiger partial charge in [0.1, 0.15) is 4.90 Å². The van der Waals surface area contributed by atoms with Crippen LogP contribution < -0.4 is 10.5 Å². The molecule has 0 fully saturated rings. The molecule has 0 aromatic heterocycles. The topological polar surface area (TPSA) is 72.2 Å². The minimum absolute atomic E-state index is 0.295. The van der Waals surface area contributed by atoms with Gasteiger partial charge in [0.05, 0.1) is 17.8 Å². The Kier molecular flexibility index (Phi) is 4.35. The van der Waals surface area contributed by atoms with Crippen molar-refractivity contribution in [2.75, 3.05) is 11.9 Å². The van der Waals surface area contributed by atoms with Crippen LogP contribution in [0, 0.1) is 0 Å². The lowest BCUT2D eigenvalue weighted by Crippen LogP contribution is -2.19. The molecular formula is C9H9F5N2O2S. The maximum atomic E-state index is 12.4. The lowest BCUT2D eigenvalue weighted by atomic mass is 10.2. The molecular weight excluding hydrogens is 295 g/mol. The van der Waals surface area contributed by atoms with Crippen molar-refractivity contribution < 1.29 is 30.4 Å². The zero-order valence-electron chi connectivity index (χ0n) is 9.21. The SMILES string of the molecule is NS(=O)(=O)c1cc(C(F)(F)F)ccc1NCC(F)F. The molecule has 0 bridgehead atoms. The number of halogens is 5. The maximum Gasteiger partial charge on any atom is 0.416 e. The molecule has 19 heavy (non-hydrogen) atoms. The Bertz CT molecular complexity index is 556. The third-order valence-electron chi connectivity index (χ3n) is 2.06. The largest absolute Gasteiger partial charge is 0.416 e. The molecule has 3 N–H and O–H groups in total. The number of nitrogens with two attached hydrogens (primary N) is 1. The van der Waals surface area contributed by atoms with Crippen molar-refractivity contribution in [1.29, 1.82) is 0 Å². The van der Waals surface area contributed by atoms with E-state index in [1.54, 1.807) is 0 Å². The van der Waals surface area contributed by atoms with Crippen molar-refractivity contribution in [3.8, 4) is 0 Å². The summed E-state index contributed by atoms with van der Waals surface area (Å²) in [5.74, 6) is 0. The normalized spacial score (nSPS) is 12.8. The van der Waals surface area contributed by atoms with Crippen LogP contribution in [0.2, 0.25) is 0 Å². The first-order valence-corrected chi connectivity index (χ1v) is 6.32. The fourth-order valence-electron chi connectivity index (χ4n) is 1.27. The van der Waals surface area contributed by atoms with Gasteiger partial charge in [-0.15, -0.1) is 0 Å². The highest BCUT2D eigenvalue weighted by molar-refractivity contribution is 7.89. The lowest BCUT2D eigenvalue weighted by molar-refractivity contribution is -0.137. The monoisotopic (exact) mass is 304 g/mol. The second kappa shape index (κ2) is 5.29. The van der Waals surface area contributed by atoms with E-state index in [9.17, 15) is 30.4 Å². The highest BCUT2D eigenvalue weighted by atomic mass is 32.2. The molecule has 0 saturated heterocycles. The van der Waals surface area contributed by atoms with E-state index in [2.05, 4.69) is 0 Å². The van der Waals surface area contributed by atoms with Crippen LogP contribution in [-0.2, 0) is 16.2 Å². The molecule has 0 saturated carbocycles. The van der Waals surface area contributed by atoms with Crippen molar-refractivity contribution >= 4 is 15.7 Å². The summed E-state index contributed by atoms with van der Waals surface area (Å²) in [5.41, 5.74) is -1.64. The van der Waals surface area contributed by atoms with E-state index in [0.717, 1.165) is 6.07 Å². The highest BCUT2D eigenvalue weighted by Crippen LogP contribution is 2.33. The number of hydrogen-bond acceptors (Lipinski definition) is 3. The van der Waals surface area contributed by atoms with Gasteiger partial charge in [-0.1, -0.05) is 0 Å². The number of anilines is 1. The Labute approximate surface area is 105 Å². The predicted molar refractivity (Wildman–Crippen MR) is 57.3 cm³/mol. The molecule has 0 aliphatic rings. The first kappa shape index (κ1) is 15.6. The minimum Gasteiger partial charge on any atom is -0.378 e. The number of hydrogen-bond donors (Lipinski definition) is 2. The quantitative estimate of drug-likeness (QED) is 0.836. The number of alkyl halides is 5. The minimum atomic E-state index is -4.76. The van der Waals surface area contributed by atoms with Crippen molar-refractivity contribution in [1.82, 2.24) is 0 Å². The van der Waals surface area contributed by atoms with E-state index in [1.807, 2.05) is 5.32 Å². The predicted octanol–water partition coefficient (Wildman–Crippen LogP) is 2.03. The Balaban J connectivity index is 3.26. The Morgan fingerprint density at radius 1 is 1.26 bits per heavy atom. The van der Waals surface area contributed by atoms with Gasteiger partial charge in [0, 0.05) is 0 Å². The smallest absolute Gasteiger partial charge is 0.378 e. The molecule has 4 nitrogen and oxygen atoms in total. The summed E-state index contributed by atoms with van der Waals surface area (Å²) in [5, 5.41) is 6.77. The lowest BCUT2D eigenvalue weighted by Gasteiger charge is -2.13. The van der Waals surface area contributed by atoms with Gasteiger partial charge in [0.2, 0.25) is 10.0 Å². The van der Waals surface area contributed by atoms with Crippen LogP contribution in [0.4, 0.5) is 27.6 Å². The number of rotatable bonds is 4. The van der Waals surface area contributed by atoms with Gasteiger partial charge in [-0.2, -0.15) is 13.2 Å². The Morgan fingerprint density at radius 3 is 2.26 bits per heavy atom. The molecule has 1 aromatic rings. The van der Waals surface area contributed by atoms with Crippen LogP contribution in [-0.4, -0.2) is 21.4 Å². The molecule has 0 amide bonds. The van der Waals surface area contributed by atoms with E-state index in [-0.39, 0.29) is 0 Å². The van der Waals surface area contributed by atoms with Crippen LogP contribution in [0.3, 0.4) is 0 Å². The summed E-state index contributed by atoms with van der Waals surface area (Å²) in [6.07, 6.45) is -7.56. The van der Waals surface area contributed by atoms with E-state index in [0.29, 0.717) is 12.1 Å². The summed E-state index contributed by atoms with van der Waals surface area (Å²) < 4.78 is 83.6. The summed E-state index contributed by atoms with van der Waals surface area (Å²) in [6, 6.07) is 1.61. The summed E-state index contributed by atoms with van der Waals surface area (Å²) in [6.45, 7) is -0.909. The standard InChI is InChI=1S/C9H9F5N2O2S/c10-8(11)4-16-6-2-1-5(9(12,13)14)3-7(6)19(15,17)18/h1-3,8,16H,4H2,(H2,15,17,18). The molecule has 1 aromatic carbocycles. The zero-order valence-corrected chi connectivity index (χ0v) is 10.0. The van der Waals surface area contributed by atoms with E-state index >= 15 is 0 Å². The van der Waals surface area contributed by atoms with Gasteiger partial charge in [-0.3, -0.25) is 0 Å². The molecule has 10 heteroatoms. The zero-order chi connectivity index (χ0) is 14.8. The van der Waals surface area contributed by atoms with Gasteiger partial charge in [-0.05, 0) is 18.2 Å². The summed E-state index contributed by atoms with van der Waals surface area (Å²) in [7, 11) is -4.47. The molecule has 0 aliphatic carbocycles. The van der Waals surface area contributed by atoms with Gasteiger partial charge < -0.3 is 5.32 Å². The van der Waals surface area contributed by atoms with Crippen LogP contribution in [0.15, 0.2) is 23.1 Å². The number of nitrogens with one attached hydrogen (secondary N) is 1. The molecule has 0 spiro atoms. The first-order valence-electron chi connectivity index (χ1n) is 4.78. The third kappa shape index (κ3) is 4.31. The fraction of sp³-hybridized carbons (Fsp3) is 0.333. The third-order valence-corrected chi connectivity index (χ3v) is 3.01. The van der Waals surface area contributed by atoms with Gasteiger partial charge >= 0.3 is 6.18 Å². The Morgan fingerprint density at radius 2 is 1.84 bits per heavy atom. The molecule has 0 heterocycles. The molecule has 1 rings (SSSR count). The average Bonchev–Trinajstić information content (AvgIpc) is 2.23. The molecule has 0 radical (unpaired) electrons. The summed E-state index contributed by atoms with van der Waals surface area (Å²) >= 11 is 0. The number of primary sulfonamides is 1. The van der Waals surface area contributed by atoms with Crippen molar-refractivity contribution in [3.63, 3.8) is 0 Å². The van der Waals surface area contributed by atoms with Crippen LogP contribution in [0.1, 0.15) is 5.56 Å². The summed E-state index contributed by atoms with van der Waals surface area (Å²) in [4.78, 5) is -0.886. The number of sulfonamides is 1. The average molecular weight is 304 g/mol. The van der Waals surface area contributed by atoms with Crippen molar-refractivity contribution in [2.24, 2.45) is 5.14 Å². The fourth-order valence-corrected chi connectivity index (χ4v) is 2.01. The first-order chi connectivity index (χ1) is 8.51. The van der Waals surface area contributed by atoms with Gasteiger partial charge in [-0.25, -0.2) is 22.3 Å².